The molecule has 1 aliphatic heterocycles. The van der Waals surface area contributed by atoms with Gasteiger partial charge in [-0.05, 0) is 42.3 Å². The standard InChI is InChI=1S/C26H25N5O2/c1-16-4-7-19(10-21(16)23-22(12-28)29-25(30-23)26(2,3)15-32)24(33)31-13-20(14-31)18-8-5-17(11-27)6-9-18/h4-10,20,32H,13-15H2,1-3H3,(H,29,30). The van der Waals surface area contributed by atoms with E-state index < -0.39 is 5.41 Å². The number of aliphatic hydroxyl groups is 1. The van der Waals surface area contributed by atoms with E-state index in [0.717, 1.165) is 16.7 Å². The average Bonchev–Trinajstić information content (AvgIpc) is 3.24. The van der Waals surface area contributed by atoms with Crippen LogP contribution in [-0.4, -0.2) is 45.6 Å². The van der Waals surface area contributed by atoms with Crippen LogP contribution in [0.25, 0.3) is 11.3 Å². The van der Waals surface area contributed by atoms with E-state index >= 15 is 0 Å². The minimum absolute atomic E-state index is 0.0601. The van der Waals surface area contributed by atoms with Gasteiger partial charge in [-0.25, -0.2) is 4.98 Å². The Hall–Kier alpha value is -3.94. The van der Waals surface area contributed by atoms with E-state index in [2.05, 4.69) is 22.1 Å². The van der Waals surface area contributed by atoms with Crippen molar-refractivity contribution >= 4 is 5.91 Å². The van der Waals surface area contributed by atoms with Gasteiger partial charge in [0.1, 0.15) is 11.9 Å². The van der Waals surface area contributed by atoms with Gasteiger partial charge in [-0.1, -0.05) is 32.0 Å². The number of carbonyl (C=O) groups excluding carboxylic acids is 1. The third kappa shape index (κ3) is 4.11. The first kappa shape index (κ1) is 22.3. The molecule has 1 fully saturated rings. The Kier molecular flexibility index (Phi) is 5.76. The van der Waals surface area contributed by atoms with Gasteiger partial charge in [0.25, 0.3) is 5.91 Å². The Labute approximate surface area is 192 Å². The molecule has 2 heterocycles. The summed E-state index contributed by atoms with van der Waals surface area (Å²) in [5, 5.41) is 28.3. The maximum Gasteiger partial charge on any atom is 0.253 e. The predicted molar refractivity (Wildman–Crippen MR) is 123 cm³/mol. The lowest BCUT2D eigenvalue weighted by Crippen LogP contribution is -2.48. The van der Waals surface area contributed by atoms with Crippen molar-refractivity contribution in [2.75, 3.05) is 19.7 Å². The number of rotatable bonds is 5. The molecule has 4 rings (SSSR count). The third-order valence-electron chi connectivity index (χ3n) is 6.28. The maximum atomic E-state index is 13.1. The second-order valence-corrected chi connectivity index (χ2v) is 9.13. The first-order chi connectivity index (χ1) is 15.8. The van der Waals surface area contributed by atoms with E-state index in [4.69, 9.17) is 5.26 Å². The monoisotopic (exact) mass is 439 g/mol. The summed E-state index contributed by atoms with van der Waals surface area (Å²) < 4.78 is 0. The fraction of sp³-hybridized carbons (Fsp3) is 0.308. The molecule has 0 aliphatic carbocycles. The van der Waals surface area contributed by atoms with Crippen molar-refractivity contribution in [3.8, 4) is 23.4 Å². The third-order valence-corrected chi connectivity index (χ3v) is 6.28. The molecule has 1 amide bonds. The van der Waals surface area contributed by atoms with Crippen LogP contribution in [0.4, 0.5) is 0 Å². The highest BCUT2D eigenvalue weighted by Gasteiger charge is 2.33. The average molecular weight is 440 g/mol. The molecule has 0 unspecified atom stereocenters. The number of carbonyl (C=O) groups is 1. The van der Waals surface area contributed by atoms with Gasteiger partial charge in [0, 0.05) is 35.5 Å². The fourth-order valence-corrected chi connectivity index (χ4v) is 3.94. The van der Waals surface area contributed by atoms with Crippen LogP contribution < -0.4 is 0 Å². The highest BCUT2D eigenvalue weighted by atomic mass is 16.3. The normalized spacial score (nSPS) is 13.8. The minimum atomic E-state index is -0.622. The molecule has 2 aromatic carbocycles. The number of hydrogen-bond acceptors (Lipinski definition) is 5. The summed E-state index contributed by atoms with van der Waals surface area (Å²) in [7, 11) is 0. The lowest BCUT2D eigenvalue weighted by atomic mass is 9.90. The molecule has 1 aliphatic rings. The fourth-order valence-electron chi connectivity index (χ4n) is 3.94. The molecule has 7 nitrogen and oxygen atoms in total. The number of aromatic nitrogens is 2. The van der Waals surface area contributed by atoms with Crippen LogP contribution in [0.1, 0.15) is 58.3 Å². The summed E-state index contributed by atoms with van der Waals surface area (Å²) in [5.41, 5.74) is 4.13. The minimum Gasteiger partial charge on any atom is -0.395 e. The number of amides is 1. The van der Waals surface area contributed by atoms with Crippen LogP contribution in [-0.2, 0) is 5.41 Å². The molecule has 0 spiro atoms. The van der Waals surface area contributed by atoms with Crippen molar-refractivity contribution in [1.29, 1.82) is 10.5 Å². The predicted octanol–water partition coefficient (Wildman–Crippen LogP) is 3.64. The summed E-state index contributed by atoms with van der Waals surface area (Å²) >= 11 is 0. The molecular weight excluding hydrogens is 414 g/mol. The molecule has 7 heteroatoms. The van der Waals surface area contributed by atoms with Crippen LogP contribution in [0.5, 0.6) is 0 Å². The van der Waals surface area contributed by atoms with E-state index in [1.807, 2.05) is 39.0 Å². The Morgan fingerprint density at radius 3 is 2.48 bits per heavy atom. The van der Waals surface area contributed by atoms with E-state index in [0.29, 0.717) is 35.7 Å². The van der Waals surface area contributed by atoms with Gasteiger partial charge in [-0.15, -0.1) is 0 Å². The smallest absolute Gasteiger partial charge is 0.253 e. The van der Waals surface area contributed by atoms with Crippen molar-refractivity contribution in [2.24, 2.45) is 0 Å². The molecule has 0 bridgehead atoms. The molecule has 0 atom stereocenters. The number of nitrogens with one attached hydrogen (secondary N) is 1. The number of nitrogens with zero attached hydrogens (tertiary/aromatic N) is 4. The van der Waals surface area contributed by atoms with Gasteiger partial charge in [-0.3, -0.25) is 4.79 Å². The van der Waals surface area contributed by atoms with Crippen molar-refractivity contribution in [3.63, 3.8) is 0 Å². The summed E-state index contributed by atoms with van der Waals surface area (Å²) in [6.07, 6.45) is 0. The number of H-pyrrole nitrogens is 1. The second-order valence-electron chi connectivity index (χ2n) is 9.13. The number of imidazole rings is 1. The summed E-state index contributed by atoms with van der Waals surface area (Å²) in [6.45, 7) is 6.74. The van der Waals surface area contributed by atoms with Gasteiger partial charge >= 0.3 is 0 Å². The van der Waals surface area contributed by atoms with Crippen molar-refractivity contribution in [1.82, 2.24) is 14.9 Å². The van der Waals surface area contributed by atoms with E-state index in [1.165, 1.54) is 0 Å². The molecule has 33 heavy (non-hydrogen) atoms. The maximum absolute atomic E-state index is 13.1. The second kappa shape index (κ2) is 8.54. The molecule has 0 radical (unpaired) electrons. The van der Waals surface area contributed by atoms with Gasteiger partial charge in [0.05, 0.1) is 23.9 Å². The number of likely N-dealkylation sites (tertiary alicyclic amines) is 1. The quantitative estimate of drug-likeness (QED) is 0.629. The Morgan fingerprint density at radius 2 is 1.88 bits per heavy atom. The molecular formula is C26H25N5O2. The van der Waals surface area contributed by atoms with Crippen LogP contribution in [0.15, 0.2) is 42.5 Å². The number of nitriles is 2. The number of aromatic amines is 1. The topological polar surface area (TPSA) is 117 Å². The highest BCUT2D eigenvalue weighted by molar-refractivity contribution is 5.96. The number of hydrogen-bond donors (Lipinski definition) is 2. The first-order valence-electron chi connectivity index (χ1n) is 10.8. The summed E-state index contributed by atoms with van der Waals surface area (Å²) in [6, 6.07) is 17.2. The van der Waals surface area contributed by atoms with Crippen LogP contribution in [0.2, 0.25) is 0 Å². The number of aryl methyl sites for hydroxylation is 1. The molecule has 3 aromatic rings. The Balaban J connectivity index is 1.57. The zero-order chi connectivity index (χ0) is 23.8. The van der Waals surface area contributed by atoms with Crippen LogP contribution >= 0.6 is 0 Å². The highest BCUT2D eigenvalue weighted by Crippen LogP contribution is 2.32. The SMILES string of the molecule is Cc1ccc(C(=O)N2CC(c3ccc(C#N)cc3)C2)cc1-c1[nH]c(C(C)(C)CO)nc1C#N. The molecule has 0 saturated carbocycles. The molecule has 166 valence electrons. The summed E-state index contributed by atoms with van der Waals surface area (Å²) in [5.74, 6) is 0.725. The molecule has 1 aromatic heterocycles. The lowest BCUT2D eigenvalue weighted by Gasteiger charge is -2.39. The van der Waals surface area contributed by atoms with Gasteiger partial charge in [0.2, 0.25) is 0 Å². The molecule has 2 N–H and O–H groups in total. The molecule has 1 saturated heterocycles. The van der Waals surface area contributed by atoms with E-state index in [9.17, 15) is 15.2 Å². The largest absolute Gasteiger partial charge is 0.395 e. The van der Waals surface area contributed by atoms with Crippen molar-refractivity contribution in [2.45, 2.75) is 32.1 Å². The Bertz CT molecular complexity index is 1290. The van der Waals surface area contributed by atoms with Gasteiger partial charge in [0.15, 0.2) is 5.69 Å². The van der Waals surface area contributed by atoms with Crippen molar-refractivity contribution < 1.29 is 9.90 Å². The Morgan fingerprint density at radius 1 is 1.18 bits per heavy atom. The van der Waals surface area contributed by atoms with Crippen molar-refractivity contribution in [3.05, 3.63) is 76.2 Å². The van der Waals surface area contributed by atoms with E-state index in [1.54, 1.807) is 29.2 Å². The van der Waals surface area contributed by atoms with Gasteiger partial charge < -0.3 is 15.0 Å². The number of benzene rings is 2. The number of aliphatic hydroxyl groups excluding tert-OH is 1. The lowest BCUT2D eigenvalue weighted by molar-refractivity contribution is 0.0602. The van der Waals surface area contributed by atoms with E-state index in [-0.39, 0.29) is 24.1 Å². The first-order valence-corrected chi connectivity index (χ1v) is 10.8. The summed E-state index contributed by atoms with van der Waals surface area (Å²) in [4.78, 5) is 22.5. The van der Waals surface area contributed by atoms with Crippen LogP contribution in [0.3, 0.4) is 0 Å². The van der Waals surface area contributed by atoms with Crippen LogP contribution in [0, 0.1) is 29.6 Å². The van der Waals surface area contributed by atoms with Gasteiger partial charge in [-0.2, -0.15) is 10.5 Å². The zero-order valence-corrected chi connectivity index (χ0v) is 18.9. The zero-order valence-electron chi connectivity index (χ0n) is 18.9.